The summed E-state index contributed by atoms with van der Waals surface area (Å²) in [7, 11) is 0. The van der Waals surface area contributed by atoms with Crippen molar-refractivity contribution in [2.24, 2.45) is 0 Å². The third-order valence-electron chi connectivity index (χ3n) is 1.45. The minimum absolute atomic E-state index is 0.319. The number of thioether (sulfide) groups is 2. The molecule has 11 heavy (non-hydrogen) atoms. The highest BCUT2D eigenvalue weighted by molar-refractivity contribution is 8.22. The van der Waals surface area contributed by atoms with E-state index >= 15 is 0 Å². The lowest BCUT2D eigenvalue weighted by atomic mass is 10.3. The van der Waals surface area contributed by atoms with E-state index < -0.39 is 0 Å². The molecule has 64 valence electrons. The van der Waals surface area contributed by atoms with Gasteiger partial charge >= 0.3 is 0 Å². The summed E-state index contributed by atoms with van der Waals surface area (Å²) in [5.74, 6) is 2.55. The SMILES string of the molecule is OCCCC=C1SCCCS1. The quantitative estimate of drug-likeness (QED) is 0.690. The van der Waals surface area contributed by atoms with Gasteiger partial charge in [0.15, 0.2) is 0 Å². The molecule has 1 heterocycles. The summed E-state index contributed by atoms with van der Waals surface area (Å²) >= 11 is 3.91. The van der Waals surface area contributed by atoms with Crippen LogP contribution in [0.25, 0.3) is 0 Å². The van der Waals surface area contributed by atoms with Gasteiger partial charge in [-0.1, -0.05) is 6.08 Å². The molecule has 0 aliphatic carbocycles. The summed E-state index contributed by atoms with van der Waals surface area (Å²) in [5.41, 5.74) is 0. The molecule has 1 saturated heterocycles. The summed E-state index contributed by atoms with van der Waals surface area (Å²) in [6.45, 7) is 0.319. The van der Waals surface area contributed by atoms with Crippen molar-refractivity contribution in [2.75, 3.05) is 18.1 Å². The van der Waals surface area contributed by atoms with E-state index in [0.717, 1.165) is 12.8 Å². The molecule has 1 fully saturated rings. The topological polar surface area (TPSA) is 20.2 Å². The summed E-state index contributed by atoms with van der Waals surface area (Å²) in [6, 6.07) is 0. The van der Waals surface area contributed by atoms with Crippen LogP contribution in [0.4, 0.5) is 0 Å². The van der Waals surface area contributed by atoms with Crippen LogP contribution in [0.5, 0.6) is 0 Å². The zero-order chi connectivity index (χ0) is 7.94. The van der Waals surface area contributed by atoms with Crippen molar-refractivity contribution < 1.29 is 5.11 Å². The van der Waals surface area contributed by atoms with Crippen molar-refractivity contribution in [3.05, 3.63) is 10.3 Å². The molecule has 0 unspecified atom stereocenters. The Balaban J connectivity index is 2.15. The molecule has 0 atom stereocenters. The van der Waals surface area contributed by atoms with Crippen LogP contribution in [0.1, 0.15) is 19.3 Å². The van der Waals surface area contributed by atoms with E-state index in [4.69, 9.17) is 5.11 Å². The van der Waals surface area contributed by atoms with Crippen LogP contribution in [0.15, 0.2) is 10.3 Å². The van der Waals surface area contributed by atoms with E-state index in [0.29, 0.717) is 6.61 Å². The smallest absolute Gasteiger partial charge is 0.0433 e. The van der Waals surface area contributed by atoms with Crippen LogP contribution in [-0.4, -0.2) is 23.2 Å². The third-order valence-corrected chi connectivity index (χ3v) is 4.05. The molecule has 1 nitrogen and oxygen atoms in total. The highest BCUT2D eigenvalue weighted by atomic mass is 32.2. The molecule has 1 rings (SSSR count). The van der Waals surface area contributed by atoms with E-state index in [1.807, 2.05) is 23.5 Å². The second-order valence-electron chi connectivity index (χ2n) is 2.44. The first-order valence-corrected chi connectivity index (χ1v) is 5.97. The summed E-state index contributed by atoms with van der Waals surface area (Å²) in [5, 5.41) is 8.55. The molecule has 3 heteroatoms. The van der Waals surface area contributed by atoms with Gasteiger partial charge in [0.2, 0.25) is 0 Å². The molecule has 0 aromatic rings. The Hall–Kier alpha value is 0.400. The molecule has 1 N–H and O–H groups in total. The highest BCUT2D eigenvalue weighted by Crippen LogP contribution is 2.34. The Labute approximate surface area is 76.6 Å². The van der Waals surface area contributed by atoms with Gasteiger partial charge < -0.3 is 5.11 Å². The summed E-state index contributed by atoms with van der Waals surface area (Å²) < 4.78 is 1.46. The first-order valence-electron chi connectivity index (χ1n) is 4.00. The maximum Gasteiger partial charge on any atom is 0.0433 e. The maximum absolute atomic E-state index is 8.55. The van der Waals surface area contributed by atoms with E-state index in [-0.39, 0.29) is 0 Å². The fraction of sp³-hybridized carbons (Fsp3) is 0.750. The van der Waals surface area contributed by atoms with Crippen LogP contribution in [-0.2, 0) is 0 Å². The number of allylic oxidation sites excluding steroid dienone is 1. The molecule has 1 aliphatic rings. The molecule has 1 aliphatic heterocycles. The van der Waals surface area contributed by atoms with Gasteiger partial charge in [-0.3, -0.25) is 0 Å². The molecule has 0 aromatic heterocycles. The molecular weight excluding hydrogens is 176 g/mol. The first kappa shape index (κ1) is 9.49. The molecular formula is C8H14OS2. The number of aliphatic hydroxyl groups excluding tert-OH is 1. The standard InChI is InChI=1S/C8H14OS2/c9-5-2-1-4-8-10-6-3-7-11-8/h4,9H,1-3,5-7H2. The van der Waals surface area contributed by atoms with E-state index in [9.17, 15) is 0 Å². The van der Waals surface area contributed by atoms with Gasteiger partial charge in [-0.25, -0.2) is 0 Å². The Kier molecular flexibility index (Phi) is 5.15. The number of hydrogen-bond donors (Lipinski definition) is 1. The number of aliphatic hydroxyl groups is 1. The van der Waals surface area contributed by atoms with Gasteiger partial charge in [0.05, 0.1) is 0 Å². The van der Waals surface area contributed by atoms with Crippen molar-refractivity contribution in [3.63, 3.8) is 0 Å². The Morgan fingerprint density at radius 1 is 1.36 bits per heavy atom. The first-order chi connectivity index (χ1) is 5.43. The van der Waals surface area contributed by atoms with Crippen LogP contribution in [0.2, 0.25) is 0 Å². The fourth-order valence-corrected chi connectivity index (χ4v) is 3.34. The minimum Gasteiger partial charge on any atom is -0.396 e. The van der Waals surface area contributed by atoms with Gasteiger partial charge in [0.25, 0.3) is 0 Å². The largest absolute Gasteiger partial charge is 0.396 e. The molecule has 0 bridgehead atoms. The lowest BCUT2D eigenvalue weighted by Gasteiger charge is -2.11. The Morgan fingerprint density at radius 2 is 2.09 bits per heavy atom. The monoisotopic (exact) mass is 190 g/mol. The van der Waals surface area contributed by atoms with Crippen molar-refractivity contribution in [1.29, 1.82) is 0 Å². The van der Waals surface area contributed by atoms with Crippen LogP contribution in [0.3, 0.4) is 0 Å². The lowest BCUT2D eigenvalue weighted by Crippen LogP contribution is -1.91. The van der Waals surface area contributed by atoms with E-state index in [2.05, 4.69) is 6.08 Å². The van der Waals surface area contributed by atoms with Gasteiger partial charge in [-0.05, 0) is 30.8 Å². The highest BCUT2D eigenvalue weighted by Gasteiger charge is 2.04. The maximum atomic E-state index is 8.55. The molecule has 0 spiro atoms. The van der Waals surface area contributed by atoms with Crippen molar-refractivity contribution in [2.45, 2.75) is 19.3 Å². The zero-order valence-corrected chi connectivity index (χ0v) is 8.22. The van der Waals surface area contributed by atoms with Gasteiger partial charge in [0.1, 0.15) is 0 Å². The molecule has 0 amide bonds. The van der Waals surface area contributed by atoms with Gasteiger partial charge in [-0.15, -0.1) is 23.5 Å². The predicted octanol–water partition coefficient (Wildman–Crippen LogP) is 2.47. The molecule has 0 saturated carbocycles. The number of unbranched alkanes of at least 4 members (excludes halogenated alkanes) is 1. The Morgan fingerprint density at radius 3 is 2.73 bits per heavy atom. The van der Waals surface area contributed by atoms with Gasteiger partial charge in [0, 0.05) is 10.8 Å². The summed E-state index contributed by atoms with van der Waals surface area (Å²) in [6.07, 6.45) is 5.54. The van der Waals surface area contributed by atoms with Crippen molar-refractivity contribution >= 4 is 23.5 Å². The van der Waals surface area contributed by atoms with Crippen molar-refractivity contribution in [1.82, 2.24) is 0 Å². The molecule has 0 radical (unpaired) electrons. The van der Waals surface area contributed by atoms with Crippen molar-refractivity contribution in [3.8, 4) is 0 Å². The number of hydrogen-bond acceptors (Lipinski definition) is 3. The van der Waals surface area contributed by atoms with Crippen LogP contribution >= 0.6 is 23.5 Å². The second kappa shape index (κ2) is 5.98. The number of rotatable bonds is 3. The predicted molar refractivity (Wildman–Crippen MR) is 53.9 cm³/mol. The van der Waals surface area contributed by atoms with E-state index in [1.165, 1.54) is 22.2 Å². The third kappa shape index (κ3) is 4.09. The Bertz CT molecular complexity index is 126. The normalized spacial score (nSPS) is 18.5. The van der Waals surface area contributed by atoms with Crippen LogP contribution < -0.4 is 0 Å². The van der Waals surface area contributed by atoms with Crippen LogP contribution in [0, 0.1) is 0 Å². The fourth-order valence-electron chi connectivity index (χ4n) is 0.875. The average Bonchev–Trinajstić information content (AvgIpc) is 2.07. The average molecular weight is 190 g/mol. The van der Waals surface area contributed by atoms with Gasteiger partial charge in [-0.2, -0.15) is 0 Å². The molecule has 0 aromatic carbocycles. The summed E-state index contributed by atoms with van der Waals surface area (Å²) in [4.78, 5) is 0. The lowest BCUT2D eigenvalue weighted by molar-refractivity contribution is 0.289. The van der Waals surface area contributed by atoms with E-state index in [1.54, 1.807) is 0 Å². The zero-order valence-electron chi connectivity index (χ0n) is 6.58. The second-order valence-corrected chi connectivity index (χ2v) is 4.97. The minimum atomic E-state index is 0.319.